The van der Waals surface area contributed by atoms with Crippen molar-refractivity contribution in [3.63, 3.8) is 0 Å². The summed E-state index contributed by atoms with van der Waals surface area (Å²) in [5, 5.41) is 17.4. The molecule has 5 heteroatoms. The molecule has 1 unspecified atom stereocenters. The number of aliphatic hydroxyl groups is 2. The Balaban J connectivity index is 3.31. The van der Waals surface area contributed by atoms with E-state index in [1.807, 2.05) is 0 Å². The average molecular weight is 206 g/mol. The first-order valence-corrected chi connectivity index (χ1v) is 4.60. The molecule has 14 heavy (non-hydrogen) atoms. The van der Waals surface area contributed by atoms with E-state index in [1.54, 1.807) is 6.92 Å². The number of esters is 1. The molecule has 0 bridgehead atoms. The highest BCUT2D eigenvalue weighted by atomic mass is 16.5. The van der Waals surface area contributed by atoms with Crippen LogP contribution in [0.1, 0.15) is 20.3 Å². The van der Waals surface area contributed by atoms with Crippen molar-refractivity contribution in [3.05, 3.63) is 0 Å². The predicted molar refractivity (Wildman–Crippen MR) is 49.8 cm³/mol. The molecule has 0 aliphatic carbocycles. The summed E-state index contributed by atoms with van der Waals surface area (Å²) >= 11 is 0. The van der Waals surface area contributed by atoms with Gasteiger partial charge in [0.2, 0.25) is 0 Å². The normalized spacial score (nSPS) is 14.9. The van der Waals surface area contributed by atoms with Crippen molar-refractivity contribution in [1.29, 1.82) is 0 Å². The lowest BCUT2D eigenvalue weighted by molar-refractivity contribution is -0.146. The zero-order valence-corrected chi connectivity index (χ0v) is 8.60. The van der Waals surface area contributed by atoms with E-state index in [0.29, 0.717) is 13.0 Å². The van der Waals surface area contributed by atoms with Crippen LogP contribution in [0.15, 0.2) is 0 Å². The van der Waals surface area contributed by atoms with Crippen molar-refractivity contribution < 1.29 is 24.5 Å². The van der Waals surface area contributed by atoms with E-state index in [9.17, 15) is 4.79 Å². The van der Waals surface area contributed by atoms with Crippen molar-refractivity contribution in [3.8, 4) is 0 Å². The lowest BCUT2D eigenvalue weighted by Gasteiger charge is -2.12. The number of hydrogen-bond acceptors (Lipinski definition) is 5. The third kappa shape index (κ3) is 7.97. The van der Waals surface area contributed by atoms with Gasteiger partial charge in [-0.3, -0.25) is 4.79 Å². The molecule has 0 spiro atoms. The van der Waals surface area contributed by atoms with E-state index in [4.69, 9.17) is 19.7 Å². The molecule has 0 radical (unpaired) electrons. The quantitative estimate of drug-likeness (QED) is 0.441. The number of carbonyl (C=O) groups is 1. The topological polar surface area (TPSA) is 76.0 Å². The molecule has 0 aromatic rings. The van der Waals surface area contributed by atoms with Crippen molar-refractivity contribution in [2.45, 2.75) is 32.5 Å². The average Bonchev–Trinajstić information content (AvgIpc) is 2.10. The number of rotatable bonds is 7. The lowest BCUT2D eigenvalue weighted by Crippen LogP contribution is -2.21. The molecule has 84 valence electrons. The van der Waals surface area contributed by atoms with Crippen LogP contribution in [0.5, 0.6) is 0 Å². The molecule has 0 saturated heterocycles. The Morgan fingerprint density at radius 2 is 2.14 bits per heavy atom. The van der Waals surface area contributed by atoms with Crippen LogP contribution < -0.4 is 0 Å². The maximum Gasteiger partial charge on any atom is 0.302 e. The number of carbonyl (C=O) groups excluding carboxylic acids is 1. The minimum Gasteiger partial charge on any atom is -0.463 e. The Hall–Kier alpha value is -0.650. The number of ether oxygens (including phenoxy) is 2. The molecule has 0 aliphatic rings. The van der Waals surface area contributed by atoms with Gasteiger partial charge < -0.3 is 19.7 Å². The van der Waals surface area contributed by atoms with Crippen molar-refractivity contribution in [1.82, 2.24) is 0 Å². The summed E-state index contributed by atoms with van der Waals surface area (Å²) in [4.78, 5) is 10.5. The molecular formula is C9H18O5. The van der Waals surface area contributed by atoms with Gasteiger partial charge in [0.1, 0.15) is 12.2 Å². The van der Waals surface area contributed by atoms with Crippen LogP contribution in [0.25, 0.3) is 0 Å². The second kappa shape index (κ2) is 7.73. The van der Waals surface area contributed by atoms with E-state index >= 15 is 0 Å². The van der Waals surface area contributed by atoms with Gasteiger partial charge in [-0.05, 0) is 6.92 Å². The van der Waals surface area contributed by atoms with E-state index in [1.165, 1.54) is 6.92 Å². The third-order valence-corrected chi connectivity index (χ3v) is 1.56. The van der Waals surface area contributed by atoms with E-state index in [2.05, 4.69) is 0 Å². The molecule has 0 aromatic carbocycles. The summed E-state index contributed by atoms with van der Waals surface area (Å²) in [7, 11) is 0. The maximum atomic E-state index is 10.5. The van der Waals surface area contributed by atoms with Gasteiger partial charge in [0.15, 0.2) is 0 Å². The Kier molecular flexibility index (Phi) is 7.37. The minimum absolute atomic E-state index is 0.100. The second-order valence-corrected chi connectivity index (χ2v) is 3.12. The van der Waals surface area contributed by atoms with Gasteiger partial charge >= 0.3 is 5.97 Å². The summed E-state index contributed by atoms with van der Waals surface area (Å²) in [5.41, 5.74) is 0. The first-order chi connectivity index (χ1) is 6.56. The molecule has 5 nitrogen and oxygen atoms in total. The van der Waals surface area contributed by atoms with Crippen molar-refractivity contribution in [2.75, 3.05) is 19.8 Å². The lowest BCUT2D eigenvalue weighted by atomic mass is 10.3. The SMILES string of the molecule is CC(=O)O[C@H](C)CCOCC(O)CO. The monoisotopic (exact) mass is 206 g/mol. The van der Waals surface area contributed by atoms with Gasteiger partial charge in [0, 0.05) is 13.3 Å². The van der Waals surface area contributed by atoms with E-state index < -0.39 is 6.10 Å². The molecule has 0 saturated carbocycles. The molecule has 2 N–H and O–H groups in total. The molecule has 0 amide bonds. The van der Waals surface area contributed by atoms with Gasteiger partial charge in [-0.2, -0.15) is 0 Å². The van der Waals surface area contributed by atoms with Crippen LogP contribution in [0.3, 0.4) is 0 Å². The van der Waals surface area contributed by atoms with Crippen LogP contribution in [0.4, 0.5) is 0 Å². The van der Waals surface area contributed by atoms with Gasteiger partial charge in [0.25, 0.3) is 0 Å². The van der Waals surface area contributed by atoms with Crippen LogP contribution in [0.2, 0.25) is 0 Å². The van der Waals surface area contributed by atoms with Crippen LogP contribution in [-0.2, 0) is 14.3 Å². The Morgan fingerprint density at radius 1 is 1.50 bits per heavy atom. The summed E-state index contributed by atoms with van der Waals surface area (Å²) in [6.45, 7) is 3.31. The van der Waals surface area contributed by atoms with Gasteiger partial charge in [-0.25, -0.2) is 0 Å². The molecule has 0 aliphatic heterocycles. The van der Waals surface area contributed by atoms with Gasteiger partial charge in [-0.1, -0.05) is 0 Å². The van der Waals surface area contributed by atoms with Crippen molar-refractivity contribution in [2.24, 2.45) is 0 Å². The van der Waals surface area contributed by atoms with Crippen molar-refractivity contribution >= 4 is 5.97 Å². The highest BCUT2D eigenvalue weighted by Crippen LogP contribution is 1.98. The summed E-state index contributed by atoms with van der Waals surface area (Å²) < 4.78 is 9.89. The molecule has 0 aromatic heterocycles. The minimum atomic E-state index is -0.834. The zero-order chi connectivity index (χ0) is 11.0. The fourth-order valence-corrected chi connectivity index (χ4v) is 0.864. The summed E-state index contributed by atoms with van der Waals surface area (Å²) in [5.74, 6) is -0.312. The molecule has 0 heterocycles. The fraction of sp³-hybridized carbons (Fsp3) is 0.889. The Labute approximate surface area is 83.6 Å². The zero-order valence-electron chi connectivity index (χ0n) is 8.60. The van der Waals surface area contributed by atoms with E-state index in [0.717, 1.165) is 0 Å². The molecule has 0 rings (SSSR count). The summed E-state index contributed by atoms with van der Waals surface area (Å²) in [6.07, 6.45) is -0.435. The Morgan fingerprint density at radius 3 is 2.64 bits per heavy atom. The second-order valence-electron chi connectivity index (χ2n) is 3.12. The fourth-order valence-electron chi connectivity index (χ4n) is 0.864. The number of hydrogen-bond donors (Lipinski definition) is 2. The molecular weight excluding hydrogens is 188 g/mol. The van der Waals surface area contributed by atoms with Crippen LogP contribution >= 0.6 is 0 Å². The van der Waals surface area contributed by atoms with Gasteiger partial charge in [0.05, 0.1) is 19.8 Å². The van der Waals surface area contributed by atoms with Crippen LogP contribution in [0, 0.1) is 0 Å². The highest BCUT2D eigenvalue weighted by Gasteiger charge is 2.06. The molecule has 0 fully saturated rings. The first-order valence-electron chi connectivity index (χ1n) is 4.60. The van der Waals surface area contributed by atoms with Crippen LogP contribution in [-0.4, -0.2) is 48.2 Å². The smallest absolute Gasteiger partial charge is 0.302 e. The summed E-state index contributed by atoms with van der Waals surface area (Å²) in [6, 6.07) is 0. The largest absolute Gasteiger partial charge is 0.463 e. The standard InChI is InChI=1S/C9H18O5/c1-7(14-8(2)11)3-4-13-6-9(12)5-10/h7,9-10,12H,3-6H2,1-2H3/t7-,9?/m1/s1. The number of aliphatic hydroxyl groups excluding tert-OH is 2. The Bertz CT molecular complexity index is 159. The predicted octanol–water partition coefficient (Wildman–Crippen LogP) is -0.302. The molecule has 2 atom stereocenters. The highest BCUT2D eigenvalue weighted by molar-refractivity contribution is 5.66. The maximum absolute atomic E-state index is 10.5. The van der Waals surface area contributed by atoms with Gasteiger partial charge in [-0.15, -0.1) is 0 Å². The first kappa shape index (κ1) is 13.4. The third-order valence-electron chi connectivity index (χ3n) is 1.56. The van der Waals surface area contributed by atoms with E-state index in [-0.39, 0.29) is 25.3 Å².